The Morgan fingerprint density at radius 2 is 1.41 bits per heavy atom. The van der Waals surface area contributed by atoms with E-state index in [0.29, 0.717) is 43.5 Å². The van der Waals surface area contributed by atoms with Crippen LogP contribution in [0.15, 0.2) is 48.5 Å². The van der Waals surface area contributed by atoms with Crippen molar-refractivity contribution >= 4 is 11.6 Å². The van der Waals surface area contributed by atoms with Crippen molar-refractivity contribution in [2.45, 2.75) is 57.0 Å². The molecule has 1 aliphatic carbocycles. The Balaban J connectivity index is 2.06. The fourth-order valence-corrected chi connectivity index (χ4v) is 4.06. The molecule has 1 aliphatic rings. The third-order valence-electron chi connectivity index (χ3n) is 5.87. The van der Waals surface area contributed by atoms with Crippen LogP contribution in [-0.4, -0.2) is 11.9 Å². The molecule has 174 valence electrons. The number of alkyl halides is 6. The van der Waals surface area contributed by atoms with E-state index in [-0.39, 0.29) is 23.6 Å². The second-order valence-corrected chi connectivity index (χ2v) is 8.17. The lowest BCUT2D eigenvalue weighted by Crippen LogP contribution is -2.41. The van der Waals surface area contributed by atoms with E-state index in [9.17, 15) is 31.1 Å². The minimum atomic E-state index is -4.96. The lowest BCUT2D eigenvalue weighted by atomic mass is 9.85. The molecule has 1 fully saturated rings. The van der Waals surface area contributed by atoms with E-state index in [1.807, 2.05) is 0 Å². The second-order valence-electron chi connectivity index (χ2n) is 8.17. The molecular weight excluding hydrogens is 434 g/mol. The highest BCUT2D eigenvalue weighted by Gasteiger charge is 2.39. The number of halogens is 6. The van der Waals surface area contributed by atoms with E-state index in [2.05, 4.69) is 0 Å². The zero-order valence-electron chi connectivity index (χ0n) is 17.4. The monoisotopic (exact) mass is 458 g/mol. The number of hydrogen-bond acceptors (Lipinski definition) is 2. The van der Waals surface area contributed by atoms with Crippen LogP contribution in [0.4, 0.5) is 32.0 Å². The van der Waals surface area contributed by atoms with Gasteiger partial charge in [0.25, 0.3) is 0 Å². The predicted octanol–water partition coefficient (Wildman–Crippen LogP) is 6.34. The molecule has 2 aromatic carbocycles. The Kier molecular flexibility index (Phi) is 6.88. The van der Waals surface area contributed by atoms with Crippen LogP contribution in [0, 0.1) is 5.92 Å². The summed E-state index contributed by atoms with van der Waals surface area (Å²) in [6.45, 7) is 1.44. The van der Waals surface area contributed by atoms with Crippen molar-refractivity contribution in [1.82, 2.24) is 0 Å². The van der Waals surface area contributed by atoms with E-state index in [1.54, 1.807) is 30.3 Å². The van der Waals surface area contributed by atoms with Crippen LogP contribution in [0.5, 0.6) is 0 Å². The molecule has 0 bridgehead atoms. The van der Waals surface area contributed by atoms with Gasteiger partial charge in [0, 0.05) is 17.6 Å². The predicted molar refractivity (Wildman–Crippen MR) is 109 cm³/mol. The first-order chi connectivity index (χ1) is 14.9. The van der Waals surface area contributed by atoms with Gasteiger partial charge in [-0.2, -0.15) is 26.3 Å². The first-order valence-electron chi connectivity index (χ1n) is 10.3. The first-order valence-corrected chi connectivity index (χ1v) is 10.3. The highest BCUT2D eigenvalue weighted by atomic mass is 19.4. The molecular formula is C23H24F6N2O. The number of anilines is 1. The van der Waals surface area contributed by atoms with E-state index in [1.165, 1.54) is 11.8 Å². The molecule has 9 heteroatoms. The molecule has 0 heterocycles. The molecule has 3 nitrogen and oxygen atoms in total. The maximum Gasteiger partial charge on any atom is 0.416 e. The minimum absolute atomic E-state index is 0.0144. The van der Waals surface area contributed by atoms with Crippen molar-refractivity contribution in [3.63, 3.8) is 0 Å². The molecule has 32 heavy (non-hydrogen) atoms. The van der Waals surface area contributed by atoms with Gasteiger partial charge in [0.1, 0.15) is 0 Å². The summed E-state index contributed by atoms with van der Waals surface area (Å²) in [5, 5.41) is 0. The van der Waals surface area contributed by atoms with Gasteiger partial charge in [-0.1, -0.05) is 18.2 Å². The normalized spacial score (nSPS) is 20.6. The summed E-state index contributed by atoms with van der Waals surface area (Å²) in [6.07, 6.45) is -7.61. The topological polar surface area (TPSA) is 46.3 Å². The SMILES string of the molecule is CC(c1cc(C(F)(F)F)cc(C(F)(F)F)c1)N(c1ccccc1)C(=O)[C@H]1CC[C@H](N)CC1. The Morgan fingerprint density at radius 1 is 0.906 bits per heavy atom. The molecule has 2 aromatic rings. The fraction of sp³-hybridized carbons (Fsp3) is 0.435. The average molecular weight is 458 g/mol. The number of carbonyl (C=O) groups is 1. The highest BCUT2D eigenvalue weighted by Crippen LogP contribution is 2.40. The van der Waals surface area contributed by atoms with Crippen molar-refractivity contribution in [2.75, 3.05) is 4.90 Å². The molecule has 0 radical (unpaired) electrons. The summed E-state index contributed by atoms with van der Waals surface area (Å²) in [5.74, 6) is -0.730. The van der Waals surface area contributed by atoms with Gasteiger partial charge in [-0.15, -0.1) is 0 Å². The molecule has 0 aliphatic heterocycles. The van der Waals surface area contributed by atoms with Crippen LogP contribution >= 0.6 is 0 Å². The van der Waals surface area contributed by atoms with Crippen LogP contribution in [-0.2, 0) is 17.1 Å². The van der Waals surface area contributed by atoms with Crippen molar-refractivity contribution in [1.29, 1.82) is 0 Å². The first kappa shape index (κ1) is 24.1. The van der Waals surface area contributed by atoms with Crippen molar-refractivity contribution in [3.05, 3.63) is 65.2 Å². The molecule has 1 unspecified atom stereocenters. The summed E-state index contributed by atoms with van der Waals surface area (Å²) in [7, 11) is 0. The lowest BCUT2D eigenvalue weighted by molar-refractivity contribution is -0.143. The minimum Gasteiger partial charge on any atom is -0.328 e. The van der Waals surface area contributed by atoms with E-state index in [4.69, 9.17) is 5.73 Å². The quantitative estimate of drug-likeness (QED) is 0.544. The van der Waals surface area contributed by atoms with Crippen molar-refractivity contribution < 1.29 is 31.1 Å². The summed E-state index contributed by atoms with van der Waals surface area (Å²) >= 11 is 0. The van der Waals surface area contributed by atoms with Crippen molar-refractivity contribution in [2.24, 2.45) is 11.7 Å². The standard InChI is InChI=1S/C23H24F6N2O/c1-14(16-11-17(22(24,25)26)13-18(12-16)23(27,28)29)31(20-5-3-2-4-6-20)21(32)15-7-9-19(30)10-8-15/h2-6,11-15,19H,7-10,30H2,1H3/t14?,15-,19-. The Morgan fingerprint density at radius 3 is 1.88 bits per heavy atom. The van der Waals surface area contributed by atoms with Gasteiger partial charge in [-0.25, -0.2) is 0 Å². The number of carbonyl (C=O) groups excluding carboxylic acids is 1. The number of nitrogens with zero attached hydrogens (tertiary/aromatic N) is 1. The van der Waals surface area contributed by atoms with E-state index in [0.717, 1.165) is 0 Å². The number of rotatable bonds is 4. The zero-order chi connectivity index (χ0) is 23.7. The van der Waals surface area contributed by atoms with Crippen LogP contribution in [0.2, 0.25) is 0 Å². The third kappa shape index (κ3) is 5.43. The maximum atomic E-state index is 13.4. The van der Waals surface area contributed by atoms with Gasteiger partial charge >= 0.3 is 12.4 Å². The van der Waals surface area contributed by atoms with Gasteiger partial charge < -0.3 is 10.6 Å². The van der Waals surface area contributed by atoms with Gasteiger partial charge in [-0.05, 0) is 68.5 Å². The molecule has 0 aromatic heterocycles. The number of hydrogen-bond donors (Lipinski definition) is 1. The Bertz CT molecular complexity index is 901. The molecule has 2 N–H and O–H groups in total. The van der Waals surface area contributed by atoms with Crippen LogP contribution in [0.1, 0.15) is 55.3 Å². The molecule has 3 rings (SSSR count). The average Bonchev–Trinajstić information content (AvgIpc) is 2.73. The number of para-hydroxylation sites is 1. The summed E-state index contributed by atoms with van der Waals surface area (Å²) < 4.78 is 80.1. The van der Waals surface area contributed by atoms with Crippen molar-refractivity contribution in [3.8, 4) is 0 Å². The Hall–Kier alpha value is -2.55. The lowest BCUT2D eigenvalue weighted by Gasteiger charge is -2.35. The molecule has 1 atom stereocenters. The van der Waals surface area contributed by atoms with Gasteiger partial charge in [0.15, 0.2) is 0 Å². The van der Waals surface area contributed by atoms with E-state index < -0.39 is 35.4 Å². The van der Waals surface area contributed by atoms with Gasteiger partial charge in [0.05, 0.1) is 17.2 Å². The number of benzene rings is 2. The second kappa shape index (κ2) is 9.13. The zero-order valence-corrected chi connectivity index (χ0v) is 17.4. The number of amides is 1. The maximum absolute atomic E-state index is 13.4. The highest BCUT2D eigenvalue weighted by molar-refractivity contribution is 5.95. The smallest absolute Gasteiger partial charge is 0.328 e. The number of nitrogens with two attached hydrogens (primary N) is 1. The molecule has 1 saturated carbocycles. The summed E-state index contributed by atoms with van der Waals surface area (Å²) in [5.41, 5.74) is 3.27. The summed E-state index contributed by atoms with van der Waals surface area (Å²) in [6, 6.07) is 8.64. The fourth-order valence-electron chi connectivity index (χ4n) is 4.06. The van der Waals surface area contributed by atoms with Gasteiger partial charge in [-0.3, -0.25) is 4.79 Å². The van der Waals surface area contributed by atoms with Crippen LogP contribution in [0.25, 0.3) is 0 Å². The van der Waals surface area contributed by atoms with Gasteiger partial charge in [0.2, 0.25) is 5.91 Å². The third-order valence-corrected chi connectivity index (χ3v) is 5.87. The van der Waals surface area contributed by atoms with E-state index >= 15 is 0 Å². The largest absolute Gasteiger partial charge is 0.416 e. The van der Waals surface area contributed by atoms with Crippen LogP contribution in [0.3, 0.4) is 0 Å². The van der Waals surface area contributed by atoms with Crippen LogP contribution < -0.4 is 10.6 Å². The molecule has 0 saturated heterocycles. The molecule has 0 spiro atoms. The molecule has 1 amide bonds. The summed E-state index contributed by atoms with van der Waals surface area (Å²) in [4.78, 5) is 14.7. The Labute approximate surface area is 182 Å².